The van der Waals surface area contributed by atoms with Gasteiger partial charge in [-0.25, -0.2) is 0 Å². The van der Waals surface area contributed by atoms with Gasteiger partial charge in [-0.15, -0.1) is 11.6 Å². The molecule has 0 N–H and O–H groups in total. The van der Waals surface area contributed by atoms with Gasteiger partial charge in [-0.05, 0) is 50.4 Å². The molecule has 0 aromatic heterocycles. The lowest BCUT2D eigenvalue weighted by Gasteiger charge is -2.31. The van der Waals surface area contributed by atoms with Crippen LogP contribution in [0.4, 0.5) is 0 Å². The summed E-state index contributed by atoms with van der Waals surface area (Å²) in [4.78, 5) is 0. The summed E-state index contributed by atoms with van der Waals surface area (Å²) in [5.41, 5.74) is 0. The summed E-state index contributed by atoms with van der Waals surface area (Å²) in [7, 11) is 0. The minimum atomic E-state index is 0.534. The number of hydrogen-bond donors (Lipinski definition) is 0. The van der Waals surface area contributed by atoms with Crippen molar-refractivity contribution in [3.05, 3.63) is 0 Å². The first-order valence-corrected chi connectivity index (χ1v) is 6.95. The van der Waals surface area contributed by atoms with Crippen LogP contribution in [-0.2, 0) is 4.74 Å². The molecule has 1 nitrogen and oxygen atoms in total. The molecular formula is C13H25ClO. The van der Waals surface area contributed by atoms with Crippen LogP contribution in [-0.4, -0.2) is 18.6 Å². The van der Waals surface area contributed by atoms with Gasteiger partial charge in [0.1, 0.15) is 0 Å². The molecule has 1 rings (SSSR count). The number of hydrogen-bond acceptors (Lipinski definition) is 1. The molecule has 1 aliphatic carbocycles. The molecule has 0 saturated heterocycles. The molecule has 0 radical (unpaired) electrons. The van der Waals surface area contributed by atoms with Gasteiger partial charge in [0.25, 0.3) is 0 Å². The number of unbranched alkanes of at least 4 members (excludes halogenated alkanes) is 2. The molecule has 0 aromatic rings. The summed E-state index contributed by atoms with van der Waals surface area (Å²) < 4.78 is 5.91. The van der Waals surface area contributed by atoms with Gasteiger partial charge in [-0.3, -0.25) is 0 Å². The lowest BCUT2D eigenvalue weighted by atomic mass is 9.80. The second-order valence-corrected chi connectivity index (χ2v) is 5.39. The van der Waals surface area contributed by atoms with Gasteiger partial charge in [0, 0.05) is 12.5 Å². The monoisotopic (exact) mass is 232 g/mol. The smallest absolute Gasteiger partial charge is 0.0577 e. The number of alkyl halides is 1. The Labute approximate surface area is 99.5 Å². The molecule has 0 aromatic carbocycles. The van der Waals surface area contributed by atoms with Crippen LogP contribution in [0.5, 0.6) is 0 Å². The van der Waals surface area contributed by atoms with Crippen molar-refractivity contribution in [2.75, 3.05) is 12.5 Å². The van der Waals surface area contributed by atoms with E-state index in [-0.39, 0.29) is 0 Å². The predicted octanol–water partition coefficient (Wildman–Crippen LogP) is 4.24. The standard InChI is InChI=1S/C13H25ClO/c1-11-6-7-13(10-12(11)2)15-9-5-3-4-8-14/h11-13H,3-10H2,1-2H3. The predicted molar refractivity (Wildman–Crippen MR) is 66.5 cm³/mol. The second-order valence-electron chi connectivity index (χ2n) is 5.01. The van der Waals surface area contributed by atoms with Gasteiger partial charge in [0.2, 0.25) is 0 Å². The summed E-state index contributed by atoms with van der Waals surface area (Å²) in [5.74, 6) is 2.52. The van der Waals surface area contributed by atoms with Crippen LogP contribution in [0.2, 0.25) is 0 Å². The molecule has 1 aliphatic rings. The van der Waals surface area contributed by atoms with E-state index in [2.05, 4.69) is 13.8 Å². The van der Waals surface area contributed by atoms with E-state index >= 15 is 0 Å². The van der Waals surface area contributed by atoms with Crippen molar-refractivity contribution in [1.82, 2.24) is 0 Å². The molecule has 3 atom stereocenters. The topological polar surface area (TPSA) is 9.23 Å². The summed E-state index contributed by atoms with van der Waals surface area (Å²) in [6.07, 6.45) is 7.91. The average molecular weight is 233 g/mol. The van der Waals surface area contributed by atoms with E-state index < -0.39 is 0 Å². The van der Waals surface area contributed by atoms with Crippen LogP contribution in [0.1, 0.15) is 52.4 Å². The Morgan fingerprint density at radius 1 is 1.07 bits per heavy atom. The van der Waals surface area contributed by atoms with Crippen molar-refractivity contribution in [2.24, 2.45) is 11.8 Å². The maximum atomic E-state index is 5.91. The zero-order valence-electron chi connectivity index (χ0n) is 10.2. The molecule has 15 heavy (non-hydrogen) atoms. The lowest BCUT2D eigenvalue weighted by Crippen LogP contribution is -2.26. The maximum absolute atomic E-state index is 5.91. The lowest BCUT2D eigenvalue weighted by molar-refractivity contribution is 0.00113. The number of halogens is 1. The highest BCUT2D eigenvalue weighted by Crippen LogP contribution is 2.30. The molecule has 1 fully saturated rings. The summed E-state index contributed by atoms with van der Waals surface area (Å²) in [5, 5.41) is 0. The Bertz CT molecular complexity index is 161. The third-order valence-corrected chi connectivity index (χ3v) is 3.95. The fourth-order valence-corrected chi connectivity index (χ4v) is 2.46. The van der Waals surface area contributed by atoms with Gasteiger partial charge in [-0.1, -0.05) is 13.8 Å². The van der Waals surface area contributed by atoms with Crippen LogP contribution in [0.15, 0.2) is 0 Å². The number of ether oxygens (including phenoxy) is 1. The Kier molecular flexibility index (Phi) is 6.67. The van der Waals surface area contributed by atoms with Gasteiger partial charge >= 0.3 is 0 Å². The first-order chi connectivity index (χ1) is 7.24. The molecule has 1 saturated carbocycles. The SMILES string of the molecule is CC1CCC(OCCCCCCl)CC1C. The summed E-state index contributed by atoms with van der Waals surface area (Å²) >= 11 is 5.62. The first kappa shape index (κ1) is 13.3. The molecule has 0 aliphatic heterocycles. The Morgan fingerprint density at radius 3 is 2.53 bits per heavy atom. The Balaban J connectivity index is 2.02. The fraction of sp³-hybridized carbons (Fsp3) is 1.00. The molecule has 3 unspecified atom stereocenters. The van der Waals surface area contributed by atoms with E-state index in [9.17, 15) is 0 Å². The van der Waals surface area contributed by atoms with Crippen LogP contribution in [0.25, 0.3) is 0 Å². The van der Waals surface area contributed by atoms with Crippen molar-refractivity contribution >= 4 is 11.6 Å². The second kappa shape index (κ2) is 7.51. The largest absolute Gasteiger partial charge is 0.378 e. The van der Waals surface area contributed by atoms with E-state index in [1.54, 1.807) is 0 Å². The quantitative estimate of drug-likeness (QED) is 0.492. The summed E-state index contributed by atoms with van der Waals surface area (Å²) in [6, 6.07) is 0. The van der Waals surface area contributed by atoms with E-state index in [4.69, 9.17) is 16.3 Å². The Hall–Kier alpha value is 0.250. The molecule has 90 valence electrons. The zero-order chi connectivity index (χ0) is 11.1. The van der Waals surface area contributed by atoms with E-state index in [1.165, 1.54) is 32.1 Å². The number of rotatable bonds is 6. The van der Waals surface area contributed by atoms with Gasteiger partial charge in [0.15, 0.2) is 0 Å². The minimum Gasteiger partial charge on any atom is -0.378 e. The van der Waals surface area contributed by atoms with E-state index in [1.807, 2.05) is 0 Å². The molecule has 2 heteroatoms. The van der Waals surface area contributed by atoms with Crippen LogP contribution >= 0.6 is 11.6 Å². The first-order valence-electron chi connectivity index (χ1n) is 6.41. The molecular weight excluding hydrogens is 208 g/mol. The highest BCUT2D eigenvalue weighted by atomic mass is 35.5. The normalized spacial score (nSPS) is 31.8. The molecule has 0 heterocycles. The van der Waals surface area contributed by atoms with Crippen LogP contribution < -0.4 is 0 Å². The van der Waals surface area contributed by atoms with Gasteiger partial charge in [0.05, 0.1) is 6.10 Å². The van der Waals surface area contributed by atoms with Crippen molar-refractivity contribution in [3.63, 3.8) is 0 Å². The highest BCUT2D eigenvalue weighted by molar-refractivity contribution is 6.17. The van der Waals surface area contributed by atoms with Crippen molar-refractivity contribution < 1.29 is 4.74 Å². The molecule has 0 spiro atoms. The molecule has 0 bridgehead atoms. The third-order valence-electron chi connectivity index (χ3n) is 3.68. The minimum absolute atomic E-state index is 0.534. The van der Waals surface area contributed by atoms with Gasteiger partial charge in [-0.2, -0.15) is 0 Å². The zero-order valence-corrected chi connectivity index (χ0v) is 10.9. The van der Waals surface area contributed by atoms with E-state index in [0.717, 1.165) is 30.7 Å². The van der Waals surface area contributed by atoms with Crippen molar-refractivity contribution in [3.8, 4) is 0 Å². The third kappa shape index (κ3) is 5.21. The van der Waals surface area contributed by atoms with Crippen LogP contribution in [0, 0.1) is 11.8 Å². The summed E-state index contributed by atoms with van der Waals surface area (Å²) in [6.45, 7) is 5.65. The fourth-order valence-electron chi connectivity index (χ4n) is 2.27. The van der Waals surface area contributed by atoms with Crippen LogP contribution in [0.3, 0.4) is 0 Å². The maximum Gasteiger partial charge on any atom is 0.0577 e. The average Bonchev–Trinajstić information content (AvgIpc) is 2.23. The highest BCUT2D eigenvalue weighted by Gasteiger charge is 2.24. The Morgan fingerprint density at radius 2 is 1.87 bits per heavy atom. The van der Waals surface area contributed by atoms with Gasteiger partial charge < -0.3 is 4.74 Å². The van der Waals surface area contributed by atoms with Crippen molar-refractivity contribution in [2.45, 2.75) is 58.5 Å². The van der Waals surface area contributed by atoms with E-state index in [0.29, 0.717) is 6.10 Å². The molecule has 0 amide bonds. The van der Waals surface area contributed by atoms with Crippen molar-refractivity contribution in [1.29, 1.82) is 0 Å².